The smallest absolute Gasteiger partial charge is 0.366 e. The van der Waals surface area contributed by atoms with Crippen molar-refractivity contribution >= 4 is 5.91 Å². The second-order valence-electron chi connectivity index (χ2n) is 7.90. The van der Waals surface area contributed by atoms with Crippen LogP contribution in [-0.2, 0) is 21.3 Å². The maximum absolute atomic E-state index is 13.6. The van der Waals surface area contributed by atoms with Gasteiger partial charge < -0.3 is 15.4 Å². The molecule has 3 rings (SSSR count). The monoisotopic (exact) mass is 448 g/mol. The highest BCUT2D eigenvalue weighted by Gasteiger charge is 2.45. The Bertz CT molecular complexity index is 898. The summed E-state index contributed by atoms with van der Waals surface area (Å²) in [6.07, 6.45) is -8.05. The third-order valence-corrected chi connectivity index (χ3v) is 5.54. The molecule has 1 saturated heterocycles. The summed E-state index contributed by atoms with van der Waals surface area (Å²) in [5, 5.41) is 0. The fourth-order valence-corrected chi connectivity index (χ4v) is 3.88. The van der Waals surface area contributed by atoms with E-state index >= 15 is 0 Å². The molecule has 1 atom stereocenters. The van der Waals surface area contributed by atoms with E-state index in [1.165, 1.54) is 6.07 Å². The summed E-state index contributed by atoms with van der Waals surface area (Å²) in [5.41, 5.74) is 0.688. The van der Waals surface area contributed by atoms with Gasteiger partial charge in [0.15, 0.2) is 0 Å². The molecule has 1 aliphatic carbocycles. The average Bonchev–Trinajstić information content (AvgIpc) is 2.68. The number of piperidine rings is 1. The van der Waals surface area contributed by atoms with Crippen molar-refractivity contribution in [3.63, 3.8) is 0 Å². The normalized spacial score (nSPS) is 24.0. The van der Waals surface area contributed by atoms with Crippen molar-refractivity contribution in [2.24, 2.45) is 5.73 Å². The van der Waals surface area contributed by atoms with Gasteiger partial charge in [0.05, 0.1) is 17.2 Å². The summed E-state index contributed by atoms with van der Waals surface area (Å²) in [7, 11) is 1.88. The molecule has 0 saturated carbocycles. The van der Waals surface area contributed by atoms with Crippen LogP contribution in [0.5, 0.6) is 0 Å². The largest absolute Gasteiger partial charge is 0.416 e. The van der Waals surface area contributed by atoms with Gasteiger partial charge >= 0.3 is 12.4 Å². The highest BCUT2D eigenvalue weighted by Crippen LogP contribution is 2.45. The van der Waals surface area contributed by atoms with Crippen LogP contribution in [0.15, 0.2) is 47.6 Å². The summed E-state index contributed by atoms with van der Waals surface area (Å²) in [6, 6.07) is 3.98. The third-order valence-electron chi connectivity index (χ3n) is 5.54. The van der Waals surface area contributed by atoms with Crippen molar-refractivity contribution in [1.82, 2.24) is 4.90 Å². The number of halogens is 6. The summed E-state index contributed by atoms with van der Waals surface area (Å²) in [5.74, 6) is -1.09. The van der Waals surface area contributed by atoms with Crippen LogP contribution in [0.3, 0.4) is 0 Å². The molecule has 1 aromatic rings. The standard InChI is InChI=1S/C21H22F6N2O2/c1-29-7-5-17(6-8-29)31-19(14-3-2-4-15(10-14)20(22,23)24)11-13(18(28)30)9-16(12-19)21(25,26)27/h2-4,9-10,12,17H,5-8,11H2,1H3,(H2,28,30). The van der Waals surface area contributed by atoms with Crippen LogP contribution in [0.1, 0.15) is 30.4 Å². The molecule has 1 heterocycles. The first kappa shape index (κ1) is 23.3. The number of hydrogen-bond acceptors (Lipinski definition) is 3. The Morgan fingerprint density at radius 3 is 2.32 bits per heavy atom. The lowest BCUT2D eigenvalue weighted by Gasteiger charge is -2.41. The minimum Gasteiger partial charge on any atom is -0.366 e. The Balaban J connectivity index is 2.14. The summed E-state index contributed by atoms with van der Waals surface area (Å²) in [4.78, 5) is 13.8. The van der Waals surface area contributed by atoms with E-state index in [1.807, 2.05) is 11.9 Å². The molecule has 0 bridgehead atoms. The molecule has 1 aliphatic heterocycles. The summed E-state index contributed by atoms with van der Waals surface area (Å²) in [6.45, 7) is 1.25. The van der Waals surface area contributed by atoms with Crippen LogP contribution < -0.4 is 5.73 Å². The number of benzene rings is 1. The number of ether oxygens (including phenoxy) is 1. The lowest BCUT2D eigenvalue weighted by molar-refractivity contribution is -0.138. The quantitative estimate of drug-likeness (QED) is 0.699. The lowest BCUT2D eigenvalue weighted by Crippen LogP contribution is -2.42. The highest BCUT2D eigenvalue weighted by molar-refractivity contribution is 5.93. The Labute approximate surface area is 175 Å². The van der Waals surface area contributed by atoms with E-state index < -0.39 is 47.5 Å². The number of hydrogen-bond donors (Lipinski definition) is 1. The van der Waals surface area contributed by atoms with Gasteiger partial charge in [0.25, 0.3) is 0 Å². The van der Waals surface area contributed by atoms with Crippen molar-refractivity contribution in [1.29, 1.82) is 0 Å². The molecular weight excluding hydrogens is 426 g/mol. The van der Waals surface area contributed by atoms with Gasteiger partial charge in [0, 0.05) is 25.1 Å². The number of allylic oxidation sites excluding steroid dienone is 2. The second kappa shape index (κ2) is 8.31. The molecule has 2 N–H and O–H groups in total. The molecule has 1 amide bonds. The SMILES string of the molecule is CN1CCC(OC2(c3cccc(C(F)(F)F)c3)C=C(C(F)(F)F)C=C(C(N)=O)C2)CC1. The molecule has 1 fully saturated rings. The fraction of sp³-hybridized carbons (Fsp3) is 0.476. The maximum atomic E-state index is 13.6. The number of primary amides is 1. The van der Waals surface area contributed by atoms with Gasteiger partial charge in [-0.15, -0.1) is 0 Å². The van der Waals surface area contributed by atoms with E-state index in [4.69, 9.17) is 10.5 Å². The van der Waals surface area contributed by atoms with Crippen LogP contribution >= 0.6 is 0 Å². The van der Waals surface area contributed by atoms with Gasteiger partial charge in [-0.1, -0.05) is 12.1 Å². The number of rotatable bonds is 4. The zero-order valence-corrected chi connectivity index (χ0v) is 16.7. The fourth-order valence-electron chi connectivity index (χ4n) is 3.88. The summed E-state index contributed by atoms with van der Waals surface area (Å²) < 4.78 is 86.9. The number of nitrogens with zero attached hydrogens (tertiary/aromatic N) is 1. The van der Waals surface area contributed by atoms with Crippen LogP contribution in [-0.4, -0.2) is 43.2 Å². The summed E-state index contributed by atoms with van der Waals surface area (Å²) >= 11 is 0. The van der Waals surface area contributed by atoms with Gasteiger partial charge in [0.2, 0.25) is 5.91 Å². The van der Waals surface area contributed by atoms with Crippen molar-refractivity contribution < 1.29 is 35.9 Å². The number of carbonyl (C=O) groups is 1. The highest BCUT2D eigenvalue weighted by atomic mass is 19.4. The molecule has 0 aromatic heterocycles. The number of amides is 1. The second-order valence-corrected chi connectivity index (χ2v) is 7.90. The number of alkyl halides is 6. The number of carbonyl (C=O) groups excluding carboxylic acids is 1. The van der Waals surface area contributed by atoms with Crippen LogP contribution in [0.2, 0.25) is 0 Å². The lowest BCUT2D eigenvalue weighted by atomic mass is 9.79. The van der Waals surface area contributed by atoms with Crippen molar-refractivity contribution in [3.05, 3.63) is 58.7 Å². The Morgan fingerprint density at radius 2 is 1.77 bits per heavy atom. The molecule has 170 valence electrons. The van der Waals surface area contributed by atoms with E-state index in [-0.39, 0.29) is 11.1 Å². The third kappa shape index (κ3) is 5.30. The van der Waals surface area contributed by atoms with E-state index in [9.17, 15) is 31.1 Å². The molecule has 10 heteroatoms. The van der Waals surface area contributed by atoms with Crippen LogP contribution in [0.25, 0.3) is 0 Å². The topological polar surface area (TPSA) is 55.6 Å². The first-order chi connectivity index (χ1) is 14.3. The van der Waals surface area contributed by atoms with Crippen molar-refractivity contribution in [2.75, 3.05) is 20.1 Å². The van der Waals surface area contributed by atoms with Gasteiger partial charge in [-0.05, 0) is 49.7 Å². The predicted molar refractivity (Wildman–Crippen MR) is 101 cm³/mol. The first-order valence-corrected chi connectivity index (χ1v) is 9.65. The molecule has 0 spiro atoms. The molecule has 31 heavy (non-hydrogen) atoms. The Kier molecular flexibility index (Phi) is 6.25. The predicted octanol–water partition coefficient (Wildman–Crippen LogP) is 4.32. The van der Waals surface area contributed by atoms with E-state index in [0.29, 0.717) is 32.0 Å². The van der Waals surface area contributed by atoms with E-state index in [1.54, 1.807) is 0 Å². The zero-order valence-electron chi connectivity index (χ0n) is 16.7. The van der Waals surface area contributed by atoms with Gasteiger partial charge in [-0.25, -0.2) is 0 Å². The Morgan fingerprint density at radius 1 is 1.13 bits per heavy atom. The molecule has 1 aromatic carbocycles. The van der Waals surface area contributed by atoms with Crippen molar-refractivity contribution in [3.8, 4) is 0 Å². The van der Waals surface area contributed by atoms with Gasteiger partial charge in [-0.3, -0.25) is 4.79 Å². The minimum atomic E-state index is -4.84. The number of likely N-dealkylation sites (tertiary alicyclic amines) is 1. The molecule has 2 aliphatic rings. The number of nitrogens with two attached hydrogens (primary N) is 1. The Hall–Kier alpha value is -2.33. The minimum absolute atomic E-state index is 0.116. The molecular formula is C21H22F6N2O2. The maximum Gasteiger partial charge on any atom is 0.416 e. The van der Waals surface area contributed by atoms with Crippen LogP contribution in [0.4, 0.5) is 26.3 Å². The first-order valence-electron chi connectivity index (χ1n) is 9.65. The van der Waals surface area contributed by atoms with Gasteiger partial charge in [0.1, 0.15) is 5.60 Å². The average molecular weight is 448 g/mol. The van der Waals surface area contributed by atoms with Crippen LogP contribution in [0, 0.1) is 0 Å². The van der Waals surface area contributed by atoms with E-state index in [2.05, 4.69) is 0 Å². The van der Waals surface area contributed by atoms with Gasteiger partial charge in [-0.2, -0.15) is 26.3 Å². The molecule has 1 unspecified atom stereocenters. The van der Waals surface area contributed by atoms with E-state index in [0.717, 1.165) is 24.3 Å². The zero-order chi connectivity index (χ0) is 23.0. The van der Waals surface area contributed by atoms with Crippen molar-refractivity contribution in [2.45, 2.75) is 43.3 Å². The molecule has 0 radical (unpaired) electrons. The molecule has 4 nitrogen and oxygen atoms in total.